The van der Waals surface area contributed by atoms with E-state index in [4.69, 9.17) is 14.0 Å². The fraction of sp³-hybridized carbons (Fsp3) is 0.632. The molecule has 2 fully saturated rings. The Labute approximate surface area is 158 Å². The number of hydrogen-bond donors (Lipinski definition) is 1. The number of nitrogens with zero attached hydrogens (tertiary/aromatic N) is 3. The van der Waals surface area contributed by atoms with Gasteiger partial charge in [-0.25, -0.2) is 4.98 Å². The third-order valence-electron chi connectivity index (χ3n) is 5.49. The minimum atomic E-state index is -0.117. The van der Waals surface area contributed by atoms with E-state index < -0.39 is 0 Å². The van der Waals surface area contributed by atoms with E-state index in [1.54, 1.807) is 6.07 Å². The lowest BCUT2D eigenvalue weighted by molar-refractivity contribution is 0.00167. The number of amides is 1. The number of nitrogens with one attached hydrogen (secondary N) is 1. The number of morpholine rings is 1. The molecule has 0 saturated carbocycles. The van der Waals surface area contributed by atoms with E-state index in [0.717, 1.165) is 51.6 Å². The highest BCUT2D eigenvalue weighted by Crippen LogP contribution is 2.24. The van der Waals surface area contributed by atoms with Gasteiger partial charge in [-0.05, 0) is 26.3 Å². The summed E-state index contributed by atoms with van der Waals surface area (Å²) < 4.78 is 16.3. The van der Waals surface area contributed by atoms with Gasteiger partial charge in [-0.3, -0.25) is 9.69 Å². The van der Waals surface area contributed by atoms with Crippen LogP contribution in [0.2, 0.25) is 0 Å². The van der Waals surface area contributed by atoms with Crippen LogP contribution in [0.1, 0.15) is 28.2 Å². The van der Waals surface area contributed by atoms with E-state index in [-0.39, 0.29) is 11.9 Å². The van der Waals surface area contributed by atoms with Gasteiger partial charge in [0.2, 0.25) is 0 Å². The van der Waals surface area contributed by atoms with Gasteiger partial charge < -0.3 is 19.3 Å². The molecule has 0 aromatic carbocycles. The standard InChI is InChI=1S/C19H26N4O4/c1-12-9-15(17-13(2)22-27-19(17)21-12)18(24)20-10-16(14-3-6-26-11-14)23-4-7-25-8-5-23/h9,14,16H,3-8,10-11H2,1-2H3,(H,20,24). The van der Waals surface area contributed by atoms with E-state index in [9.17, 15) is 4.79 Å². The van der Waals surface area contributed by atoms with E-state index >= 15 is 0 Å². The number of fused-ring (bicyclic) bond motifs is 1. The lowest BCUT2D eigenvalue weighted by Gasteiger charge is -2.37. The Bertz CT molecular complexity index is 809. The topological polar surface area (TPSA) is 89.7 Å². The van der Waals surface area contributed by atoms with Crippen molar-refractivity contribution < 1.29 is 18.8 Å². The smallest absolute Gasteiger partial charge is 0.258 e. The summed E-state index contributed by atoms with van der Waals surface area (Å²) in [6, 6.07) is 2.05. The Hall–Kier alpha value is -2.03. The van der Waals surface area contributed by atoms with E-state index in [1.165, 1.54) is 0 Å². The Morgan fingerprint density at radius 1 is 1.30 bits per heavy atom. The predicted molar refractivity (Wildman–Crippen MR) is 98.7 cm³/mol. The summed E-state index contributed by atoms with van der Waals surface area (Å²) in [6.07, 6.45) is 1.03. The van der Waals surface area contributed by atoms with Crippen molar-refractivity contribution in [1.82, 2.24) is 20.4 Å². The molecule has 2 atom stereocenters. The van der Waals surface area contributed by atoms with Crippen molar-refractivity contribution in [3.63, 3.8) is 0 Å². The molecule has 0 aliphatic carbocycles. The van der Waals surface area contributed by atoms with Crippen LogP contribution in [0.4, 0.5) is 0 Å². The Kier molecular flexibility index (Phi) is 5.38. The summed E-state index contributed by atoms with van der Waals surface area (Å²) in [7, 11) is 0. The maximum absolute atomic E-state index is 13.0. The summed E-state index contributed by atoms with van der Waals surface area (Å²) in [4.78, 5) is 19.7. The van der Waals surface area contributed by atoms with Gasteiger partial charge in [0.25, 0.3) is 11.6 Å². The molecule has 2 aromatic heterocycles. The second-order valence-electron chi connectivity index (χ2n) is 7.31. The monoisotopic (exact) mass is 374 g/mol. The van der Waals surface area contributed by atoms with Crippen molar-refractivity contribution >= 4 is 17.0 Å². The van der Waals surface area contributed by atoms with Crippen LogP contribution in [0.3, 0.4) is 0 Å². The van der Waals surface area contributed by atoms with Crippen LogP contribution < -0.4 is 5.32 Å². The largest absolute Gasteiger partial charge is 0.381 e. The Morgan fingerprint density at radius 3 is 2.85 bits per heavy atom. The summed E-state index contributed by atoms with van der Waals surface area (Å²) in [5.74, 6) is 0.314. The van der Waals surface area contributed by atoms with Crippen LogP contribution in [-0.4, -0.2) is 73.1 Å². The normalized spacial score (nSPS) is 22.2. The summed E-state index contributed by atoms with van der Waals surface area (Å²) in [6.45, 7) is 9.06. The summed E-state index contributed by atoms with van der Waals surface area (Å²) >= 11 is 0. The molecule has 1 amide bonds. The number of aromatic nitrogens is 2. The van der Waals surface area contributed by atoms with Crippen LogP contribution in [0.5, 0.6) is 0 Å². The zero-order chi connectivity index (χ0) is 18.8. The lowest BCUT2D eigenvalue weighted by atomic mass is 9.96. The highest BCUT2D eigenvalue weighted by Gasteiger charge is 2.32. The molecule has 0 bridgehead atoms. The summed E-state index contributed by atoms with van der Waals surface area (Å²) in [5, 5.41) is 7.78. The average Bonchev–Trinajstić information content (AvgIpc) is 3.32. The molecule has 0 spiro atoms. The van der Waals surface area contributed by atoms with Crippen molar-refractivity contribution in [1.29, 1.82) is 0 Å². The van der Waals surface area contributed by atoms with Gasteiger partial charge in [0.15, 0.2) is 0 Å². The van der Waals surface area contributed by atoms with Crippen molar-refractivity contribution in [2.75, 3.05) is 46.1 Å². The van der Waals surface area contributed by atoms with Crippen LogP contribution >= 0.6 is 0 Å². The number of aryl methyl sites for hydroxylation is 2. The van der Waals surface area contributed by atoms with Crippen LogP contribution in [0, 0.1) is 19.8 Å². The highest BCUT2D eigenvalue weighted by atomic mass is 16.5. The van der Waals surface area contributed by atoms with Crippen LogP contribution in [0.15, 0.2) is 10.6 Å². The first kappa shape index (κ1) is 18.3. The average molecular weight is 374 g/mol. The summed E-state index contributed by atoms with van der Waals surface area (Å²) in [5.41, 5.74) is 2.39. The van der Waals surface area contributed by atoms with Gasteiger partial charge in [-0.2, -0.15) is 0 Å². The zero-order valence-electron chi connectivity index (χ0n) is 15.9. The minimum absolute atomic E-state index is 0.117. The van der Waals surface area contributed by atoms with Crippen molar-refractivity contribution in [2.45, 2.75) is 26.3 Å². The molecular formula is C19H26N4O4. The van der Waals surface area contributed by atoms with E-state index in [1.807, 2.05) is 13.8 Å². The molecule has 2 aliphatic rings. The molecule has 4 heterocycles. The molecular weight excluding hydrogens is 348 g/mol. The van der Waals surface area contributed by atoms with Gasteiger partial charge in [0.05, 0.1) is 36.5 Å². The molecule has 2 aliphatic heterocycles. The molecule has 0 radical (unpaired) electrons. The van der Waals surface area contributed by atoms with Gasteiger partial charge in [-0.1, -0.05) is 5.16 Å². The molecule has 146 valence electrons. The van der Waals surface area contributed by atoms with E-state index in [0.29, 0.717) is 34.8 Å². The fourth-order valence-corrected chi connectivity index (χ4v) is 4.05. The maximum Gasteiger partial charge on any atom is 0.258 e. The number of rotatable bonds is 5. The van der Waals surface area contributed by atoms with Gasteiger partial charge in [0.1, 0.15) is 0 Å². The molecule has 1 N–H and O–H groups in total. The van der Waals surface area contributed by atoms with E-state index in [2.05, 4.69) is 20.4 Å². The van der Waals surface area contributed by atoms with Crippen molar-refractivity contribution in [3.8, 4) is 0 Å². The van der Waals surface area contributed by atoms with Gasteiger partial charge in [0, 0.05) is 43.9 Å². The zero-order valence-corrected chi connectivity index (χ0v) is 15.9. The van der Waals surface area contributed by atoms with Crippen molar-refractivity contribution in [2.24, 2.45) is 5.92 Å². The second kappa shape index (κ2) is 7.92. The first-order chi connectivity index (χ1) is 13.1. The molecule has 2 aromatic rings. The third-order valence-corrected chi connectivity index (χ3v) is 5.49. The number of carbonyl (C=O) groups is 1. The predicted octanol–water partition coefficient (Wildman–Crippen LogP) is 1.31. The van der Waals surface area contributed by atoms with Crippen molar-refractivity contribution in [3.05, 3.63) is 23.0 Å². The molecule has 2 unspecified atom stereocenters. The molecule has 8 nitrogen and oxygen atoms in total. The lowest BCUT2D eigenvalue weighted by Crippen LogP contribution is -2.52. The molecule has 4 rings (SSSR count). The first-order valence-electron chi connectivity index (χ1n) is 9.55. The van der Waals surface area contributed by atoms with Crippen LogP contribution in [0.25, 0.3) is 11.1 Å². The number of pyridine rings is 1. The number of carbonyl (C=O) groups excluding carboxylic acids is 1. The third kappa shape index (κ3) is 3.83. The molecule has 27 heavy (non-hydrogen) atoms. The minimum Gasteiger partial charge on any atom is -0.381 e. The Morgan fingerprint density at radius 2 is 2.11 bits per heavy atom. The highest BCUT2D eigenvalue weighted by molar-refractivity contribution is 6.06. The second-order valence-corrected chi connectivity index (χ2v) is 7.31. The van der Waals surface area contributed by atoms with Gasteiger partial charge >= 0.3 is 0 Å². The van der Waals surface area contributed by atoms with Crippen LogP contribution in [-0.2, 0) is 9.47 Å². The molecule has 8 heteroatoms. The first-order valence-corrected chi connectivity index (χ1v) is 9.55. The quantitative estimate of drug-likeness (QED) is 0.844. The number of hydrogen-bond acceptors (Lipinski definition) is 7. The fourth-order valence-electron chi connectivity index (χ4n) is 4.05. The molecule has 2 saturated heterocycles. The SMILES string of the molecule is Cc1cc(C(=O)NCC(C2CCOC2)N2CCOCC2)c2c(C)noc2n1. The maximum atomic E-state index is 13.0. The van der Waals surface area contributed by atoms with Gasteiger partial charge in [-0.15, -0.1) is 0 Å². The Balaban J connectivity index is 1.52. The number of ether oxygens (including phenoxy) is 2.